The summed E-state index contributed by atoms with van der Waals surface area (Å²) in [5.41, 5.74) is 0. The van der Waals surface area contributed by atoms with Gasteiger partial charge in [0.15, 0.2) is 0 Å². The van der Waals surface area contributed by atoms with Crippen LogP contribution < -0.4 is 10.2 Å². The quantitative estimate of drug-likeness (QED) is 0.804. The van der Waals surface area contributed by atoms with Crippen LogP contribution in [0, 0.1) is 0 Å². The Labute approximate surface area is 91.3 Å². The summed E-state index contributed by atoms with van der Waals surface area (Å²) >= 11 is 0. The van der Waals surface area contributed by atoms with Crippen LogP contribution in [0.3, 0.4) is 0 Å². The van der Waals surface area contributed by atoms with Gasteiger partial charge in [-0.25, -0.2) is 4.98 Å². The second-order valence-electron chi connectivity index (χ2n) is 3.95. The van der Waals surface area contributed by atoms with E-state index in [1.165, 1.54) is 6.42 Å². The predicted octanol–water partition coefficient (Wildman–Crippen LogP) is 1.09. The molecule has 0 saturated carbocycles. The third-order valence-electron chi connectivity index (χ3n) is 3.11. The maximum Gasteiger partial charge on any atom is 0.205 e. The Hall–Kier alpha value is -1.03. The molecule has 1 aliphatic heterocycles. The summed E-state index contributed by atoms with van der Waals surface area (Å²) in [7, 11) is 0. The molecule has 0 aliphatic carbocycles. The SMILES string of the molecule is CCN(c1nccn1CC)C1CCNC1. The van der Waals surface area contributed by atoms with E-state index in [1.807, 2.05) is 6.20 Å². The lowest BCUT2D eigenvalue weighted by Gasteiger charge is -2.28. The van der Waals surface area contributed by atoms with E-state index in [9.17, 15) is 0 Å². The van der Waals surface area contributed by atoms with E-state index < -0.39 is 0 Å². The number of aromatic nitrogens is 2. The minimum atomic E-state index is 0.614. The Morgan fingerprint density at radius 1 is 1.60 bits per heavy atom. The van der Waals surface area contributed by atoms with Gasteiger partial charge in [-0.1, -0.05) is 0 Å². The van der Waals surface area contributed by atoms with Crippen LogP contribution in [0.2, 0.25) is 0 Å². The van der Waals surface area contributed by atoms with Gasteiger partial charge in [-0.05, 0) is 26.8 Å². The number of aryl methyl sites for hydroxylation is 1. The smallest absolute Gasteiger partial charge is 0.205 e. The number of anilines is 1. The van der Waals surface area contributed by atoms with Crippen molar-refractivity contribution in [2.24, 2.45) is 0 Å². The van der Waals surface area contributed by atoms with Crippen molar-refractivity contribution in [3.8, 4) is 0 Å². The summed E-state index contributed by atoms with van der Waals surface area (Å²) in [6.45, 7) is 8.60. The molecule has 2 heterocycles. The monoisotopic (exact) mass is 208 g/mol. The van der Waals surface area contributed by atoms with Gasteiger partial charge in [0, 0.05) is 38.1 Å². The van der Waals surface area contributed by atoms with E-state index in [4.69, 9.17) is 0 Å². The second-order valence-corrected chi connectivity index (χ2v) is 3.95. The van der Waals surface area contributed by atoms with Gasteiger partial charge in [0.1, 0.15) is 0 Å². The lowest BCUT2D eigenvalue weighted by Crippen LogP contribution is -2.38. The minimum absolute atomic E-state index is 0.614. The molecule has 0 amide bonds. The fourth-order valence-corrected chi connectivity index (χ4v) is 2.28. The van der Waals surface area contributed by atoms with E-state index in [0.717, 1.165) is 32.1 Å². The molecular formula is C11H20N4. The summed E-state index contributed by atoms with van der Waals surface area (Å²) < 4.78 is 2.21. The van der Waals surface area contributed by atoms with Crippen LogP contribution >= 0.6 is 0 Å². The van der Waals surface area contributed by atoms with Crippen LogP contribution in [-0.4, -0.2) is 35.2 Å². The number of nitrogens with zero attached hydrogens (tertiary/aromatic N) is 3. The van der Waals surface area contributed by atoms with Gasteiger partial charge in [-0.15, -0.1) is 0 Å². The highest BCUT2D eigenvalue weighted by Crippen LogP contribution is 2.17. The van der Waals surface area contributed by atoms with Crippen LogP contribution in [0.1, 0.15) is 20.3 Å². The molecule has 1 aliphatic rings. The number of rotatable bonds is 4. The highest BCUT2D eigenvalue weighted by molar-refractivity contribution is 5.33. The molecule has 1 saturated heterocycles. The fraction of sp³-hybridized carbons (Fsp3) is 0.727. The van der Waals surface area contributed by atoms with Gasteiger partial charge in [0.05, 0.1) is 0 Å². The molecule has 0 aromatic carbocycles. The largest absolute Gasteiger partial charge is 0.338 e. The lowest BCUT2D eigenvalue weighted by atomic mass is 10.2. The molecule has 4 nitrogen and oxygen atoms in total. The van der Waals surface area contributed by atoms with Crippen LogP contribution in [0.15, 0.2) is 12.4 Å². The molecule has 0 spiro atoms. The van der Waals surface area contributed by atoms with E-state index in [-0.39, 0.29) is 0 Å². The van der Waals surface area contributed by atoms with Gasteiger partial charge in [0.2, 0.25) is 5.95 Å². The topological polar surface area (TPSA) is 33.1 Å². The number of imidazole rings is 1. The molecular weight excluding hydrogens is 188 g/mol. The molecule has 0 radical (unpaired) electrons. The minimum Gasteiger partial charge on any atom is -0.338 e. The zero-order valence-corrected chi connectivity index (χ0v) is 9.61. The number of hydrogen-bond acceptors (Lipinski definition) is 3. The van der Waals surface area contributed by atoms with Crippen molar-refractivity contribution in [1.29, 1.82) is 0 Å². The summed E-state index contributed by atoms with van der Waals surface area (Å²) in [6, 6.07) is 0.614. The molecule has 4 heteroatoms. The molecule has 1 unspecified atom stereocenters. The molecule has 1 aromatic rings. The van der Waals surface area contributed by atoms with E-state index in [0.29, 0.717) is 6.04 Å². The van der Waals surface area contributed by atoms with Crippen molar-refractivity contribution in [2.45, 2.75) is 32.9 Å². The van der Waals surface area contributed by atoms with Crippen LogP contribution in [0.25, 0.3) is 0 Å². The molecule has 0 bridgehead atoms. The van der Waals surface area contributed by atoms with E-state index in [1.54, 1.807) is 0 Å². The summed E-state index contributed by atoms with van der Waals surface area (Å²) in [6.07, 6.45) is 5.18. The Kier molecular flexibility index (Phi) is 3.26. The molecule has 1 atom stereocenters. The number of likely N-dealkylation sites (N-methyl/N-ethyl adjacent to an activating group) is 1. The van der Waals surface area contributed by atoms with Crippen molar-refractivity contribution < 1.29 is 0 Å². The van der Waals surface area contributed by atoms with Gasteiger partial charge in [-0.2, -0.15) is 0 Å². The summed E-state index contributed by atoms with van der Waals surface area (Å²) in [5.74, 6) is 1.12. The van der Waals surface area contributed by atoms with Crippen molar-refractivity contribution in [2.75, 3.05) is 24.5 Å². The number of hydrogen-bond donors (Lipinski definition) is 1. The first-order chi connectivity index (χ1) is 7.36. The van der Waals surface area contributed by atoms with Crippen molar-refractivity contribution in [3.05, 3.63) is 12.4 Å². The van der Waals surface area contributed by atoms with Crippen molar-refractivity contribution >= 4 is 5.95 Å². The Morgan fingerprint density at radius 2 is 2.47 bits per heavy atom. The average Bonchev–Trinajstić information content (AvgIpc) is 2.89. The zero-order chi connectivity index (χ0) is 10.7. The molecule has 1 fully saturated rings. The van der Waals surface area contributed by atoms with E-state index >= 15 is 0 Å². The van der Waals surface area contributed by atoms with Crippen molar-refractivity contribution in [1.82, 2.24) is 14.9 Å². The van der Waals surface area contributed by atoms with Gasteiger partial charge in [-0.3, -0.25) is 0 Å². The van der Waals surface area contributed by atoms with Crippen LogP contribution in [0.4, 0.5) is 5.95 Å². The Bertz CT molecular complexity index is 301. The third-order valence-corrected chi connectivity index (χ3v) is 3.11. The second kappa shape index (κ2) is 4.66. The van der Waals surface area contributed by atoms with Gasteiger partial charge < -0.3 is 14.8 Å². The van der Waals surface area contributed by atoms with Crippen molar-refractivity contribution in [3.63, 3.8) is 0 Å². The maximum absolute atomic E-state index is 4.46. The molecule has 1 aromatic heterocycles. The predicted molar refractivity (Wildman–Crippen MR) is 62.2 cm³/mol. The molecule has 1 N–H and O–H groups in total. The van der Waals surface area contributed by atoms with Gasteiger partial charge in [0.25, 0.3) is 0 Å². The normalized spacial score (nSPS) is 20.8. The molecule has 84 valence electrons. The van der Waals surface area contributed by atoms with E-state index in [2.05, 4.69) is 39.8 Å². The average molecular weight is 208 g/mol. The number of nitrogens with one attached hydrogen (secondary N) is 1. The third kappa shape index (κ3) is 2.00. The highest BCUT2D eigenvalue weighted by atomic mass is 15.3. The van der Waals surface area contributed by atoms with Crippen LogP contribution in [-0.2, 0) is 6.54 Å². The first-order valence-corrected chi connectivity index (χ1v) is 5.85. The Balaban J connectivity index is 2.17. The van der Waals surface area contributed by atoms with Crippen LogP contribution in [0.5, 0.6) is 0 Å². The fourth-order valence-electron chi connectivity index (χ4n) is 2.28. The van der Waals surface area contributed by atoms with Gasteiger partial charge >= 0.3 is 0 Å². The first kappa shape index (κ1) is 10.5. The lowest BCUT2D eigenvalue weighted by molar-refractivity contribution is 0.607. The summed E-state index contributed by atoms with van der Waals surface area (Å²) in [4.78, 5) is 6.87. The Morgan fingerprint density at radius 3 is 3.07 bits per heavy atom. The molecule has 2 rings (SSSR count). The maximum atomic E-state index is 4.46. The molecule has 15 heavy (non-hydrogen) atoms. The first-order valence-electron chi connectivity index (χ1n) is 5.85. The standard InChI is InChI=1S/C11H20N4/c1-3-14-8-7-13-11(14)15(4-2)10-5-6-12-9-10/h7-8,10,12H,3-6,9H2,1-2H3. The zero-order valence-electron chi connectivity index (χ0n) is 9.61. The summed E-state index contributed by atoms with van der Waals surface area (Å²) in [5, 5.41) is 3.41. The highest BCUT2D eigenvalue weighted by Gasteiger charge is 2.23.